The van der Waals surface area contributed by atoms with Crippen molar-refractivity contribution in [3.8, 4) is 11.4 Å². The molecule has 3 rings (SSSR count). The summed E-state index contributed by atoms with van der Waals surface area (Å²) in [6.07, 6.45) is 0. The van der Waals surface area contributed by atoms with Gasteiger partial charge in [-0.25, -0.2) is 13.1 Å². The SMILES string of the molecule is CCN1CCN(C(=O)C(C)Sc2nnc(-c3cccc(S(=O)(=O)N(CC)CC)c3)n2N)CC1. The van der Waals surface area contributed by atoms with Gasteiger partial charge in [0.1, 0.15) is 0 Å². The Labute approximate surface area is 200 Å². The number of piperazine rings is 1. The fraction of sp³-hybridized carbons (Fsp3) is 0.571. The van der Waals surface area contributed by atoms with E-state index in [4.69, 9.17) is 5.84 Å². The Kier molecular flexibility index (Phi) is 8.38. The molecule has 1 fully saturated rings. The van der Waals surface area contributed by atoms with Gasteiger partial charge in [0.05, 0.1) is 10.1 Å². The van der Waals surface area contributed by atoms with Gasteiger partial charge in [0.15, 0.2) is 5.82 Å². The summed E-state index contributed by atoms with van der Waals surface area (Å²) in [5, 5.41) is 8.35. The van der Waals surface area contributed by atoms with Crippen molar-refractivity contribution in [2.45, 2.75) is 43.0 Å². The van der Waals surface area contributed by atoms with Gasteiger partial charge in [-0.3, -0.25) is 4.79 Å². The first-order valence-corrected chi connectivity index (χ1v) is 13.5. The van der Waals surface area contributed by atoms with Crippen molar-refractivity contribution >= 4 is 27.7 Å². The van der Waals surface area contributed by atoms with Crippen LogP contribution in [-0.4, -0.2) is 94.4 Å². The largest absolute Gasteiger partial charge is 0.339 e. The van der Waals surface area contributed by atoms with Crippen LogP contribution < -0.4 is 5.84 Å². The summed E-state index contributed by atoms with van der Waals surface area (Å²) >= 11 is 1.25. The molecule has 0 bridgehead atoms. The lowest BCUT2D eigenvalue weighted by atomic mass is 10.2. The first-order valence-electron chi connectivity index (χ1n) is 11.2. The summed E-state index contributed by atoms with van der Waals surface area (Å²) < 4.78 is 28.5. The Morgan fingerprint density at radius 2 is 1.82 bits per heavy atom. The molecule has 0 radical (unpaired) electrons. The highest BCUT2D eigenvalue weighted by Crippen LogP contribution is 2.27. The Morgan fingerprint density at radius 1 is 1.15 bits per heavy atom. The van der Waals surface area contributed by atoms with Gasteiger partial charge in [-0.15, -0.1) is 10.2 Å². The van der Waals surface area contributed by atoms with Crippen molar-refractivity contribution in [1.29, 1.82) is 0 Å². The number of nitrogen functional groups attached to an aromatic ring is 1. The third-order valence-electron chi connectivity index (χ3n) is 5.86. The molecule has 1 saturated heterocycles. The fourth-order valence-electron chi connectivity index (χ4n) is 3.81. The standard InChI is InChI=1S/C21H33N7O3S2/c1-5-25-11-13-26(14-12-25)20(29)16(4)32-21-24-23-19(28(21)22)17-9-8-10-18(15-17)33(30,31)27(6-2)7-3/h8-10,15-16H,5-7,11-14,22H2,1-4H3. The third kappa shape index (κ3) is 5.51. The van der Waals surface area contributed by atoms with E-state index in [1.54, 1.807) is 38.1 Å². The quantitative estimate of drug-likeness (QED) is 0.409. The minimum atomic E-state index is -3.61. The Morgan fingerprint density at radius 3 is 2.42 bits per heavy atom. The summed E-state index contributed by atoms with van der Waals surface area (Å²) in [7, 11) is -3.61. The number of sulfonamides is 1. The van der Waals surface area contributed by atoms with Crippen molar-refractivity contribution < 1.29 is 13.2 Å². The zero-order valence-corrected chi connectivity index (χ0v) is 21.3. The number of hydrogen-bond donors (Lipinski definition) is 1. The lowest BCUT2D eigenvalue weighted by Crippen LogP contribution is -2.50. The number of carbonyl (C=O) groups is 1. The van der Waals surface area contributed by atoms with E-state index in [0.717, 1.165) is 19.6 Å². The van der Waals surface area contributed by atoms with Crippen molar-refractivity contribution in [1.82, 2.24) is 29.0 Å². The number of thioether (sulfide) groups is 1. The van der Waals surface area contributed by atoms with E-state index < -0.39 is 10.0 Å². The second-order valence-corrected chi connectivity index (χ2v) is 11.1. The molecule has 1 amide bonds. The van der Waals surface area contributed by atoms with E-state index in [-0.39, 0.29) is 16.1 Å². The maximum Gasteiger partial charge on any atom is 0.243 e. The lowest BCUT2D eigenvalue weighted by molar-refractivity contribution is -0.132. The van der Waals surface area contributed by atoms with Crippen LogP contribution in [-0.2, 0) is 14.8 Å². The Balaban J connectivity index is 1.75. The predicted molar refractivity (Wildman–Crippen MR) is 130 cm³/mol. The van der Waals surface area contributed by atoms with Gasteiger partial charge in [-0.1, -0.05) is 44.7 Å². The monoisotopic (exact) mass is 495 g/mol. The molecule has 0 saturated carbocycles. The smallest absolute Gasteiger partial charge is 0.243 e. The van der Waals surface area contributed by atoms with Gasteiger partial charge >= 0.3 is 0 Å². The topological polar surface area (TPSA) is 118 Å². The second-order valence-electron chi connectivity index (χ2n) is 7.81. The first kappa shape index (κ1) is 25.5. The average Bonchev–Trinajstić information content (AvgIpc) is 3.19. The van der Waals surface area contributed by atoms with Crippen LogP contribution >= 0.6 is 11.8 Å². The van der Waals surface area contributed by atoms with Crippen LogP contribution in [0.2, 0.25) is 0 Å². The van der Waals surface area contributed by atoms with E-state index in [9.17, 15) is 13.2 Å². The number of carbonyl (C=O) groups excluding carboxylic acids is 1. The molecule has 2 aromatic rings. The van der Waals surface area contributed by atoms with Crippen LogP contribution in [0.25, 0.3) is 11.4 Å². The molecule has 10 nitrogen and oxygen atoms in total. The maximum absolute atomic E-state index is 12.9. The van der Waals surface area contributed by atoms with Crippen molar-refractivity contribution in [2.75, 3.05) is 51.7 Å². The van der Waals surface area contributed by atoms with Gasteiger partial charge in [-0.2, -0.15) is 4.31 Å². The van der Waals surface area contributed by atoms with Crippen molar-refractivity contribution in [2.24, 2.45) is 0 Å². The van der Waals surface area contributed by atoms with Crippen LogP contribution in [0.1, 0.15) is 27.7 Å². The van der Waals surface area contributed by atoms with Crippen LogP contribution in [0.3, 0.4) is 0 Å². The average molecular weight is 496 g/mol. The summed E-state index contributed by atoms with van der Waals surface area (Å²) in [5.41, 5.74) is 0.541. The van der Waals surface area contributed by atoms with Gasteiger partial charge in [0.2, 0.25) is 21.1 Å². The molecule has 0 aliphatic carbocycles. The molecule has 2 N–H and O–H groups in total. The zero-order chi connectivity index (χ0) is 24.2. The third-order valence-corrected chi connectivity index (χ3v) is 8.95. The van der Waals surface area contributed by atoms with E-state index >= 15 is 0 Å². The van der Waals surface area contributed by atoms with E-state index in [1.807, 2.05) is 11.8 Å². The molecule has 33 heavy (non-hydrogen) atoms. The maximum atomic E-state index is 12.9. The van der Waals surface area contributed by atoms with Gasteiger partial charge in [0.25, 0.3) is 0 Å². The highest BCUT2D eigenvalue weighted by atomic mass is 32.2. The van der Waals surface area contributed by atoms with Gasteiger partial charge in [0, 0.05) is 44.8 Å². The Hall–Kier alpha value is -2.15. The number of aromatic nitrogens is 3. The normalized spacial score (nSPS) is 16.3. The predicted octanol–water partition coefficient (Wildman–Crippen LogP) is 1.33. The number of amides is 1. The van der Waals surface area contributed by atoms with E-state index in [2.05, 4.69) is 22.0 Å². The molecular formula is C21H33N7O3S2. The molecule has 0 spiro atoms. The van der Waals surface area contributed by atoms with Crippen molar-refractivity contribution in [3.63, 3.8) is 0 Å². The van der Waals surface area contributed by atoms with Crippen LogP contribution in [0.15, 0.2) is 34.3 Å². The molecule has 1 aliphatic heterocycles. The number of rotatable bonds is 9. The number of nitrogens with two attached hydrogens (primary N) is 1. The van der Waals surface area contributed by atoms with Crippen LogP contribution in [0, 0.1) is 0 Å². The number of benzene rings is 1. The number of nitrogens with zero attached hydrogens (tertiary/aromatic N) is 6. The minimum absolute atomic E-state index is 0.0487. The summed E-state index contributed by atoms with van der Waals surface area (Å²) in [5.74, 6) is 6.64. The fourth-order valence-corrected chi connectivity index (χ4v) is 6.17. The Bertz CT molecular complexity index is 1060. The van der Waals surface area contributed by atoms with Gasteiger partial charge in [-0.05, 0) is 25.6 Å². The molecule has 2 heterocycles. The number of likely N-dealkylation sites (N-methyl/N-ethyl adjacent to an activating group) is 1. The lowest BCUT2D eigenvalue weighted by Gasteiger charge is -2.35. The molecule has 1 unspecified atom stereocenters. The summed E-state index contributed by atoms with van der Waals surface area (Å²) in [6.45, 7) is 12.5. The first-order chi connectivity index (χ1) is 15.7. The van der Waals surface area contributed by atoms with Crippen molar-refractivity contribution in [3.05, 3.63) is 24.3 Å². The molecular weight excluding hydrogens is 462 g/mol. The van der Waals surface area contributed by atoms with Crippen LogP contribution in [0.4, 0.5) is 0 Å². The summed E-state index contributed by atoms with van der Waals surface area (Å²) in [4.78, 5) is 17.3. The molecule has 1 atom stereocenters. The van der Waals surface area contributed by atoms with Gasteiger partial charge < -0.3 is 15.6 Å². The molecule has 12 heteroatoms. The number of hydrogen-bond acceptors (Lipinski definition) is 8. The highest BCUT2D eigenvalue weighted by molar-refractivity contribution is 8.00. The zero-order valence-electron chi connectivity index (χ0n) is 19.6. The minimum Gasteiger partial charge on any atom is -0.339 e. The van der Waals surface area contributed by atoms with Crippen LogP contribution in [0.5, 0.6) is 0 Å². The highest BCUT2D eigenvalue weighted by Gasteiger charge is 2.27. The molecule has 1 aliphatic rings. The molecule has 1 aromatic carbocycles. The summed E-state index contributed by atoms with van der Waals surface area (Å²) in [6, 6.07) is 6.51. The second kappa shape index (κ2) is 10.9. The molecule has 1 aromatic heterocycles. The van der Waals surface area contributed by atoms with E-state index in [0.29, 0.717) is 42.7 Å². The van der Waals surface area contributed by atoms with E-state index in [1.165, 1.54) is 20.7 Å². The molecule has 182 valence electrons.